The highest BCUT2D eigenvalue weighted by Gasteiger charge is 2.68. The van der Waals surface area contributed by atoms with Gasteiger partial charge in [-0.3, -0.25) is 20.0 Å². The molecule has 2 amide bonds. The van der Waals surface area contributed by atoms with Gasteiger partial charge in [0, 0.05) is 12.7 Å². The molecule has 1 aromatic rings. The summed E-state index contributed by atoms with van der Waals surface area (Å²) in [5.41, 5.74) is 1.69. The summed E-state index contributed by atoms with van der Waals surface area (Å²) in [6.07, 6.45) is 4.75. The van der Waals surface area contributed by atoms with Crippen molar-refractivity contribution >= 4 is 24.9 Å². The molecule has 1 saturated heterocycles. The number of hydrogen-bond acceptors (Lipinski definition) is 8. The monoisotopic (exact) mass is 571 g/mol. The summed E-state index contributed by atoms with van der Waals surface area (Å²) in [7, 11) is -0.603. The second-order valence-electron chi connectivity index (χ2n) is 12.6. The molecular weight excluding hydrogens is 529 g/mol. The molecule has 0 spiro atoms. The number of hydrogen-bond donors (Lipinski definition) is 5. The minimum atomic E-state index is -0.912. The Bertz CT molecular complexity index is 1140. The van der Waals surface area contributed by atoms with Crippen LogP contribution in [0.25, 0.3) is 0 Å². The third kappa shape index (κ3) is 6.80. The van der Waals surface area contributed by atoms with Crippen LogP contribution in [-0.4, -0.2) is 65.1 Å². The highest BCUT2D eigenvalue weighted by atomic mass is 16.7. The van der Waals surface area contributed by atoms with Crippen molar-refractivity contribution < 1.29 is 23.9 Å². The first-order valence-corrected chi connectivity index (χ1v) is 14.4. The van der Waals surface area contributed by atoms with Crippen LogP contribution in [0.15, 0.2) is 24.4 Å². The van der Waals surface area contributed by atoms with E-state index >= 15 is 0 Å². The minimum absolute atomic E-state index is 0.0235. The zero-order chi connectivity index (χ0) is 29.9. The van der Waals surface area contributed by atoms with E-state index in [9.17, 15) is 19.7 Å². The van der Waals surface area contributed by atoms with Gasteiger partial charge in [0.15, 0.2) is 5.03 Å². The van der Waals surface area contributed by atoms with Gasteiger partial charge in [-0.15, -0.1) is 0 Å². The van der Waals surface area contributed by atoms with Gasteiger partial charge in [0.2, 0.25) is 5.91 Å². The fourth-order valence-electron chi connectivity index (χ4n) is 6.75. The molecule has 2 bridgehead atoms. The van der Waals surface area contributed by atoms with Gasteiger partial charge in [-0.25, -0.2) is 10.1 Å². The Morgan fingerprint density at radius 1 is 1.24 bits per heavy atom. The van der Waals surface area contributed by atoms with Crippen molar-refractivity contribution in [3.63, 3.8) is 0 Å². The van der Waals surface area contributed by atoms with E-state index < -0.39 is 41.6 Å². The summed E-state index contributed by atoms with van der Waals surface area (Å²) in [4.78, 5) is 41.2. The average Bonchev–Trinajstić information content (AvgIpc) is 3.26. The van der Waals surface area contributed by atoms with E-state index in [4.69, 9.17) is 14.7 Å². The van der Waals surface area contributed by atoms with Gasteiger partial charge < -0.3 is 25.3 Å². The van der Waals surface area contributed by atoms with Crippen LogP contribution >= 0.6 is 0 Å². The lowest BCUT2D eigenvalue weighted by molar-refractivity contribution is -0.525. The van der Waals surface area contributed by atoms with Crippen molar-refractivity contribution in [2.45, 2.75) is 90.4 Å². The Morgan fingerprint density at radius 2 is 2.00 bits per heavy atom. The Labute approximate surface area is 241 Å². The van der Waals surface area contributed by atoms with Gasteiger partial charge in [0.05, 0.1) is 17.6 Å². The lowest BCUT2D eigenvalue weighted by Gasteiger charge is -2.64. The number of rotatable bonds is 12. The Kier molecular flexibility index (Phi) is 9.22. The standard InChI is InChI=1S/C27H42BN7O6/c1-16(2)13-22(28-40-21-15-17-14-20(26(17,3)4)27(21,5)41-28)33-24(37)19(10-8-12-31-25(29)34-35(38)39)32-23(36)18-9-6-7-11-30-18/h6-7,9,11,16-17,19-22H,8,10,12-15H2,1-5H3,(H,32,36)(H,33,37)(H3,29,31,34)/t17-,19-,20-,21+,22-,27-/m0/s1. The summed E-state index contributed by atoms with van der Waals surface area (Å²) in [5, 5.41) is 25.7. The van der Waals surface area contributed by atoms with Crippen LogP contribution < -0.4 is 21.4 Å². The smallest absolute Gasteiger partial charge is 0.404 e. The predicted octanol–water partition coefficient (Wildman–Crippen LogP) is 2.06. The molecule has 0 aromatic carbocycles. The molecule has 3 saturated carbocycles. The lowest BCUT2D eigenvalue weighted by atomic mass is 9.43. The maximum absolute atomic E-state index is 13.7. The molecule has 5 rings (SSSR count). The Hall–Kier alpha value is -3.26. The molecule has 5 N–H and O–H groups in total. The zero-order valence-corrected chi connectivity index (χ0v) is 24.4. The second-order valence-corrected chi connectivity index (χ2v) is 12.6. The largest absolute Gasteiger partial charge is 0.481 e. The quantitative estimate of drug-likeness (QED) is 0.0627. The first-order chi connectivity index (χ1) is 19.3. The third-order valence-corrected chi connectivity index (χ3v) is 9.04. The maximum atomic E-state index is 13.7. The SMILES string of the molecule is CC(C)C[C@H](NC(=O)[C@H](CCCNC(=N)N[N+](=O)[O-])NC(=O)c1ccccn1)B1O[C@@H]2C[C@@H]3C[C@@H](C3(C)C)[C@]2(C)O1. The number of guanidine groups is 1. The van der Waals surface area contributed by atoms with Crippen LogP contribution in [0.4, 0.5) is 0 Å². The molecule has 6 atom stereocenters. The van der Waals surface area contributed by atoms with Gasteiger partial charge in [-0.2, -0.15) is 0 Å². The molecule has 0 unspecified atom stereocenters. The molecule has 2 heterocycles. The van der Waals surface area contributed by atoms with Crippen molar-refractivity contribution in [3.8, 4) is 0 Å². The number of pyridine rings is 1. The van der Waals surface area contributed by atoms with E-state index in [1.54, 1.807) is 23.6 Å². The third-order valence-electron chi connectivity index (χ3n) is 9.04. The fraction of sp³-hybridized carbons (Fsp3) is 0.704. The summed E-state index contributed by atoms with van der Waals surface area (Å²) >= 11 is 0. The fourth-order valence-corrected chi connectivity index (χ4v) is 6.75. The molecule has 1 aromatic heterocycles. The van der Waals surface area contributed by atoms with Crippen molar-refractivity contribution in [1.29, 1.82) is 5.41 Å². The number of nitro groups is 1. The number of nitrogens with zero attached hydrogens (tertiary/aromatic N) is 2. The maximum Gasteiger partial charge on any atom is 0.481 e. The first-order valence-electron chi connectivity index (χ1n) is 14.4. The minimum Gasteiger partial charge on any atom is -0.404 e. The molecule has 4 aliphatic rings. The number of aromatic nitrogens is 1. The molecule has 224 valence electrons. The topological polar surface area (TPSA) is 181 Å². The number of carbonyl (C=O) groups excluding carboxylic acids is 2. The first kappa shape index (κ1) is 30.7. The van der Waals surface area contributed by atoms with Gasteiger partial charge >= 0.3 is 7.12 Å². The molecule has 3 aliphatic carbocycles. The van der Waals surface area contributed by atoms with Crippen molar-refractivity contribution in [3.05, 3.63) is 40.2 Å². The predicted molar refractivity (Wildman–Crippen MR) is 152 cm³/mol. The van der Waals surface area contributed by atoms with Gasteiger partial charge in [0.1, 0.15) is 11.7 Å². The second kappa shape index (κ2) is 12.3. The van der Waals surface area contributed by atoms with Crippen LogP contribution in [-0.2, 0) is 14.1 Å². The van der Waals surface area contributed by atoms with E-state index in [1.165, 1.54) is 6.20 Å². The van der Waals surface area contributed by atoms with Crippen LogP contribution in [0.3, 0.4) is 0 Å². The summed E-state index contributed by atoms with van der Waals surface area (Å²) in [6.45, 7) is 11.1. The molecule has 0 radical (unpaired) electrons. The number of amides is 2. The Balaban J connectivity index is 1.44. The van der Waals surface area contributed by atoms with Crippen molar-refractivity contribution in [1.82, 2.24) is 26.4 Å². The molecule has 41 heavy (non-hydrogen) atoms. The van der Waals surface area contributed by atoms with E-state index in [1.807, 2.05) is 0 Å². The van der Waals surface area contributed by atoms with Crippen LogP contribution in [0, 0.1) is 38.7 Å². The molecule has 4 fully saturated rings. The van der Waals surface area contributed by atoms with Gasteiger partial charge in [0.25, 0.3) is 11.9 Å². The summed E-state index contributed by atoms with van der Waals surface area (Å²) in [6, 6.07) is 4.04. The number of carbonyl (C=O) groups is 2. The summed E-state index contributed by atoms with van der Waals surface area (Å²) < 4.78 is 13.1. The van der Waals surface area contributed by atoms with Crippen LogP contribution in [0.1, 0.15) is 77.2 Å². The summed E-state index contributed by atoms with van der Waals surface area (Å²) in [5.74, 6) is -0.509. The van der Waals surface area contributed by atoms with E-state index in [0.29, 0.717) is 24.7 Å². The van der Waals surface area contributed by atoms with E-state index in [-0.39, 0.29) is 42.0 Å². The molecular formula is C27H42BN7O6. The van der Waals surface area contributed by atoms with Gasteiger partial charge in [-0.1, -0.05) is 39.2 Å². The Morgan fingerprint density at radius 3 is 2.63 bits per heavy atom. The zero-order valence-electron chi connectivity index (χ0n) is 24.4. The highest BCUT2D eigenvalue weighted by Crippen LogP contribution is 2.65. The molecule has 1 aliphatic heterocycles. The van der Waals surface area contributed by atoms with E-state index in [2.05, 4.69) is 55.6 Å². The lowest BCUT2D eigenvalue weighted by Crippen LogP contribution is -2.65. The van der Waals surface area contributed by atoms with Crippen molar-refractivity contribution in [2.75, 3.05) is 6.54 Å². The normalized spacial score (nSPS) is 27.2. The van der Waals surface area contributed by atoms with Crippen LogP contribution in [0.2, 0.25) is 0 Å². The van der Waals surface area contributed by atoms with Crippen molar-refractivity contribution in [2.24, 2.45) is 23.2 Å². The van der Waals surface area contributed by atoms with E-state index in [0.717, 1.165) is 12.8 Å². The number of nitrogens with one attached hydrogen (secondary N) is 5. The number of hydrazine groups is 1. The van der Waals surface area contributed by atoms with Gasteiger partial charge in [-0.05, 0) is 74.3 Å². The highest BCUT2D eigenvalue weighted by molar-refractivity contribution is 6.48. The molecule has 14 heteroatoms. The molecule has 13 nitrogen and oxygen atoms in total. The van der Waals surface area contributed by atoms with Crippen LogP contribution in [0.5, 0.6) is 0 Å². The average molecular weight is 571 g/mol.